The number of rotatable bonds is 3. The fraction of sp³-hybridized carbons (Fsp3) is 0.500. The van der Waals surface area contributed by atoms with Crippen molar-refractivity contribution in [1.82, 2.24) is 4.90 Å². The van der Waals surface area contributed by atoms with Crippen molar-refractivity contribution in [3.8, 4) is 5.75 Å². The third-order valence-electron chi connectivity index (χ3n) is 3.34. The first-order chi connectivity index (χ1) is 9.11. The number of piperidine rings is 1. The number of carbonyl (C=O) groups is 1. The second kappa shape index (κ2) is 6.49. The molecule has 0 radical (unpaired) electrons. The maximum Gasteiger partial charge on any atom is 0.227 e. The number of hydrogen-bond acceptors (Lipinski definition) is 2. The van der Waals surface area contributed by atoms with Crippen molar-refractivity contribution in [2.75, 3.05) is 20.2 Å². The van der Waals surface area contributed by atoms with Gasteiger partial charge in [0.25, 0.3) is 0 Å². The highest BCUT2D eigenvalue weighted by Gasteiger charge is 2.19. The molecule has 1 aliphatic heterocycles. The molecule has 0 unspecified atom stereocenters. The maximum atomic E-state index is 12.2. The molecule has 0 bridgehead atoms. The van der Waals surface area contributed by atoms with Gasteiger partial charge >= 0.3 is 0 Å². The van der Waals surface area contributed by atoms with Crippen LogP contribution in [0.15, 0.2) is 12.1 Å². The summed E-state index contributed by atoms with van der Waals surface area (Å²) in [6, 6.07) is 3.37. The van der Waals surface area contributed by atoms with E-state index in [0.29, 0.717) is 15.8 Å². The maximum absolute atomic E-state index is 12.2. The van der Waals surface area contributed by atoms with Crippen molar-refractivity contribution >= 4 is 29.1 Å². The molecular formula is C14H17Cl2NO2. The SMILES string of the molecule is COc1c(Cl)cc(Cl)cc1CC(=O)N1CCCCC1. The lowest BCUT2D eigenvalue weighted by molar-refractivity contribution is -0.131. The molecule has 1 aliphatic rings. The molecule has 3 nitrogen and oxygen atoms in total. The molecule has 1 aromatic rings. The van der Waals surface area contributed by atoms with Crippen molar-refractivity contribution in [1.29, 1.82) is 0 Å². The van der Waals surface area contributed by atoms with E-state index in [0.717, 1.165) is 31.5 Å². The van der Waals surface area contributed by atoms with Crippen LogP contribution >= 0.6 is 23.2 Å². The van der Waals surface area contributed by atoms with Gasteiger partial charge in [-0.2, -0.15) is 0 Å². The molecule has 104 valence electrons. The van der Waals surface area contributed by atoms with Crippen molar-refractivity contribution in [3.05, 3.63) is 27.7 Å². The summed E-state index contributed by atoms with van der Waals surface area (Å²) in [5.74, 6) is 0.646. The third-order valence-corrected chi connectivity index (χ3v) is 3.84. The minimum absolute atomic E-state index is 0.108. The van der Waals surface area contributed by atoms with E-state index in [2.05, 4.69) is 0 Å². The number of likely N-dealkylation sites (tertiary alicyclic amines) is 1. The Balaban J connectivity index is 2.15. The number of hydrogen-bond donors (Lipinski definition) is 0. The van der Waals surface area contributed by atoms with E-state index in [1.807, 2.05) is 4.90 Å². The molecule has 1 amide bonds. The topological polar surface area (TPSA) is 29.5 Å². The summed E-state index contributed by atoms with van der Waals surface area (Å²) in [6.45, 7) is 1.69. The van der Waals surface area contributed by atoms with E-state index in [-0.39, 0.29) is 12.3 Å². The van der Waals surface area contributed by atoms with E-state index in [1.165, 1.54) is 6.42 Å². The highest BCUT2D eigenvalue weighted by molar-refractivity contribution is 6.35. The predicted octanol–water partition coefficient (Wildman–Crippen LogP) is 3.56. The molecule has 19 heavy (non-hydrogen) atoms. The Bertz CT molecular complexity index is 471. The van der Waals surface area contributed by atoms with Crippen LogP contribution in [0.3, 0.4) is 0 Å². The normalized spacial score (nSPS) is 15.4. The van der Waals surface area contributed by atoms with Gasteiger partial charge in [-0.1, -0.05) is 23.2 Å². The zero-order valence-corrected chi connectivity index (χ0v) is 12.4. The van der Waals surface area contributed by atoms with Crippen molar-refractivity contribution in [2.45, 2.75) is 25.7 Å². The average molecular weight is 302 g/mol. The van der Waals surface area contributed by atoms with Gasteiger partial charge in [-0.3, -0.25) is 4.79 Å². The summed E-state index contributed by atoms with van der Waals surface area (Å²) in [5, 5.41) is 0.962. The number of amides is 1. The Labute approximate surface area is 123 Å². The summed E-state index contributed by atoms with van der Waals surface area (Å²) < 4.78 is 5.26. The highest BCUT2D eigenvalue weighted by atomic mass is 35.5. The molecule has 5 heteroatoms. The summed E-state index contributed by atoms with van der Waals surface area (Å²) in [6.07, 6.45) is 3.65. The zero-order valence-electron chi connectivity index (χ0n) is 10.9. The van der Waals surface area contributed by atoms with Gasteiger partial charge in [0.2, 0.25) is 5.91 Å². The smallest absolute Gasteiger partial charge is 0.227 e. The number of nitrogens with zero attached hydrogens (tertiary/aromatic N) is 1. The van der Waals surface area contributed by atoms with Crippen molar-refractivity contribution in [2.24, 2.45) is 0 Å². The third kappa shape index (κ3) is 3.54. The van der Waals surface area contributed by atoms with Gasteiger partial charge in [-0.05, 0) is 31.4 Å². The fourth-order valence-corrected chi connectivity index (χ4v) is 3.00. The van der Waals surface area contributed by atoms with Crippen LogP contribution in [0, 0.1) is 0 Å². The molecule has 0 aromatic heterocycles. The molecule has 0 N–H and O–H groups in total. The summed E-state index contributed by atoms with van der Waals surface area (Å²) in [7, 11) is 1.55. The van der Waals surface area contributed by atoms with E-state index >= 15 is 0 Å². The van der Waals surface area contributed by atoms with Crippen LogP contribution in [0.2, 0.25) is 10.0 Å². The Hall–Kier alpha value is -0.930. The lowest BCUT2D eigenvalue weighted by Crippen LogP contribution is -2.36. The molecule has 1 aromatic carbocycles. The van der Waals surface area contributed by atoms with Crippen molar-refractivity contribution in [3.63, 3.8) is 0 Å². The van der Waals surface area contributed by atoms with E-state index in [9.17, 15) is 4.79 Å². The van der Waals surface area contributed by atoms with Gasteiger partial charge in [0.15, 0.2) is 0 Å². The van der Waals surface area contributed by atoms with Gasteiger partial charge in [-0.25, -0.2) is 0 Å². The molecule has 1 fully saturated rings. The Morgan fingerprint density at radius 1 is 1.26 bits per heavy atom. The average Bonchev–Trinajstić information content (AvgIpc) is 2.39. The fourth-order valence-electron chi connectivity index (χ4n) is 2.39. The molecule has 0 saturated carbocycles. The molecular weight excluding hydrogens is 285 g/mol. The predicted molar refractivity (Wildman–Crippen MR) is 77.1 cm³/mol. The quantitative estimate of drug-likeness (QED) is 0.854. The van der Waals surface area contributed by atoms with E-state index in [4.69, 9.17) is 27.9 Å². The van der Waals surface area contributed by atoms with Gasteiger partial charge in [0.05, 0.1) is 18.6 Å². The van der Waals surface area contributed by atoms with Gasteiger partial charge in [0, 0.05) is 23.7 Å². The first-order valence-corrected chi connectivity index (χ1v) is 7.17. The first kappa shape index (κ1) is 14.5. The Kier molecular flexibility index (Phi) is 4.94. The van der Waals surface area contributed by atoms with Crippen molar-refractivity contribution < 1.29 is 9.53 Å². The van der Waals surface area contributed by atoms with Crippen LogP contribution in [-0.2, 0) is 11.2 Å². The Morgan fingerprint density at radius 3 is 2.58 bits per heavy atom. The van der Waals surface area contributed by atoms with Crippen LogP contribution in [0.25, 0.3) is 0 Å². The molecule has 2 rings (SSSR count). The lowest BCUT2D eigenvalue weighted by atomic mass is 10.1. The number of halogens is 2. The second-order valence-electron chi connectivity index (χ2n) is 4.70. The molecule has 1 saturated heterocycles. The lowest BCUT2D eigenvalue weighted by Gasteiger charge is -2.27. The minimum Gasteiger partial charge on any atom is -0.495 e. The number of ether oxygens (including phenoxy) is 1. The molecule has 1 heterocycles. The number of benzene rings is 1. The van der Waals surface area contributed by atoms with Crippen LogP contribution in [0.4, 0.5) is 0 Å². The van der Waals surface area contributed by atoms with Gasteiger partial charge < -0.3 is 9.64 Å². The minimum atomic E-state index is 0.108. The molecule has 0 spiro atoms. The standard InChI is InChI=1S/C14H17Cl2NO2/c1-19-14-10(7-11(15)9-12(14)16)8-13(18)17-5-3-2-4-6-17/h7,9H,2-6,8H2,1H3. The van der Waals surface area contributed by atoms with Crippen LogP contribution in [0.1, 0.15) is 24.8 Å². The summed E-state index contributed by atoms with van der Waals surface area (Å²) in [5.41, 5.74) is 0.746. The van der Waals surface area contributed by atoms with Gasteiger partial charge in [-0.15, -0.1) is 0 Å². The van der Waals surface area contributed by atoms with Crippen LogP contribution in [0.5, 0.6) is 5.75 Å². The van der Waals surface area contributed by atoms with Crippen LogP contribution < -0.4 is 4.74 Å². The number of methoxy groups -OCH3 is 1. The van der Waals surface area contributed by atoms with E-state index in [1.54, 1.807) is 19.2 Å². The second-order valence-corrected chi connectivity index (χ2v) is 5.54. The van der Waals surface area contributed by atoms with Crippen LogP contribution in [-0.4, -0.2) is 31.0 Å². The monoisotopic (exact) mass is 301 g/mol. The zero-order chi connectivity index (χ0) is 13.8. The largest absolute Gasteiger partial charge is 0.495 e. The number of carbonyl (C=O) groups excluding carboxylic acids is 1. The summed E-state index contributed by atoms with van der Waals surface area (Å²) in [4.78, 5) is 14.1. The Morgan fingerprint density at radius 2 is 1.95 bits per heavy atom. The molecule has 0 atom stereocenters. The van der Waals surface area contributed by atoms with Gasteiger partial charge in [0.1, 0.15) is 5.75 Å². The summed E-state index contributed by atoms with van der Waals surface area (Å²) >= 11 is 12.1. The van der Waals surface area contributed by atoms with E-state index < -0.39 is 0 Å². The highest BCUT2D eigenvalue weighted by Crippen LogP contribution is 2.32. The first-order valence-electron chi connectivity index (χ1n) is 6.41. The molecule has 0 aliphatic carbocycles.